The van der Waals surface area contributed by atoms with Gasteiger partial charge in [0.2, 0.25) is 0 Å². The van der Waals surface area contributed by atoms with Crippen molar-refractivity contribution in [2.75, 3.05) is 24.0 Å². The predicted molar refractivity (Wildman–Crippen MR) is 86.1 cm³/mol. The van der Waals surface area contributed by atoms with E-state index in [1.54, 1.807) is 23.9 Å². The Morgan fingerprint density at radius 2 is 2.15 bits per heavy atom. The molecule has 1 unspecified atom stereocenters. The lowest BCUT2D eigenvalue weighted by Gasteiger charge is -2.28. The number of aryl methyl sites for hydroxylation is 1. The Bertz CT molecular complexity index is 451. The summed E-state index contributed by atoms with van der Waals surface area (Å²) in [4.78, 5) is 18.0. The third-order valence-electron chi connectivity index (χ3n) is 3.36. The maximum atomic E-state index is 11.2. The lowest BCUT2D eigenvalue weighted by Crippen LogP contribution is -2.34. The first-order valence-corrected chi connectivity index (χ1v) is 8.38. The molecule has 0 fully saturated rings. The summed E-state index contributed by atoms with van der Waals surface area (Å²) in [5, 5.41) is 9.23. The second-order valence-corrected chi connectivity index (χ2v) is 5.80. The summed E-state index contributed by atoms with van der Waals surface area (Å²) in [6.45, 7) is 4.21. The monoisotopic (exact) mass is 296 g/mol. The van der Waals surface area contributed by atoms with Gasteiger partial charge < -0.3 is 10.0 Å². The molecule has 0 amide bonds. The Morgan fingerprint density at radius 1 is 1.45 bits per heavy atom. The van der Waals surface area contributed by atoms with Crippen molar-refractivity contribution in [3.8, 4) is 0 Å². The number of pyridine rings is 1. The van der Waals surface area contributed by atoms with E-state index in [1.807, 2.05) is 7.05 Å². The Kier molecular flexibility index (Phi) is 6.85. The van der Waals surface area contributed by atoms with E-state index >= 15 is 0 Å². The molecule has 1 aromatic rings. The number of aromatic carboxylic acids is 1. The van der Waals surface area contributed by atoms with Crippen molar-refractivity contribution in [1.82, 2.24) is 4.98 Å². The van der Waals surface area contributed by atoms with E-state index in [0.29, 0.717) is 11.6 Å². The van der Waals surface area contributed by atoms with Crippen LogP contribution < -0.4 is 4.90 Å². The van der Waals surface area contributed by atoms with Crippen molar-refractivity contribution >= 4 is 23.5 Å². The van der Waals surface area contributed by atoms with E-state index in [9.17, 15) is 9.90 Å². The van der Waals surface area contributed by atoms with Crippen molar-refractivity contribution < 1.29 is 9.90 Å². The van der Waals surface area contributed by atoms with Gasteiger partial charge in [0.1, 0.15) is 5.82 Å². The Morgan fingerprint density at radius 3 is 2.65 bits per heavy atom. The smallest absolute Gasteiger partial charge is 0.335 e. The molecule has 1 aromatic heterocycles. The minimum Gasteiger partial charge on any atom is -0.478 e. The number of rotatable bonds is 8. The first-order valence-electron chi connectivity index (χ1n) is 6.99. The summed E-state index contributed by atoms with van der Waals surface area (Å²) < 4.78 is 0. The molecule has 0 aliphatic carbocycles. The predicted octanol–water partition coefficient (Wildman–Crippen LogP) is 3.31. The molecule has 4 nitrogen and oxygen atoms in total. The molecule has 1 N–H and O–H groups in total. The number of hydrogen-bond acceptors (Lipinski definition) is 4. The summed E-state index contributed by atoms with van der Waals surface area (Å²) >= 11 is 1.80. The molecule has 0 bridgehead atoms. The molecule has 1 heterocycles. The van der Waals surface area contributed by atoms with Crippen LogP contribution in [-0.2, 0) is 6.42 Å². The standard InChI is InChI=1S/C15H24N2O2S/c1-5-7-12-8-11(15(18)19)9-14(16-12)17(3)13(6-2)10-20-4/h8-9,13H,5-7,10H2,1-4H3,(H,18,19). The third kappa shape index (κ3) is 4.40. The summed E-state index contributed by atoms with van der Waals surface area (Å²) in [6, 6.07) is 3.72. The number of carbonyl (C=O) groups is 1. The fourth-order valence-corrected chi connectivity index (χ4v) is 2.99. The van der Waals surface area contributed by atoms with Crippen LogP contribution in [0.1, 0.15) is 42.7 Å². The van der Waals surface area contributed by atoms with E-state index in [-0.39, 0.29) is 0 Å². The zero-order valence-corrected chi connectivity index (χ0v) is 13.5. The molecule has 5 heteroatoms. The van der Waals surface area contributed by atoms with Gasteiger partial charge in [0.05, 0.1) is 5.56 Å². The molecule has 0 aliphatic rings. The van der Waals surface area contributed by atoms with E-state index in [2.05, 4.69) is 30.0 Å². The normalized spacial score (nSPS) is 12.2. The van der Waals surface area contributed by atoms with Crippen LogP contribution in [0.3, 0.4) is 0 Å². The van der Waals surface area contributed by atoms with Crippen LogP contribution in [0.15, 0.2) is 12.1 Å². The van der Waals surface area contributed by atoms with Gasteiger partial charge in [-0.15, -0.1) is 0 Å². The zero-order chi connectivity index (χ0) is 15.1. The topological polar surface area (TPSA) is 53.4 Å². The quantitative estimate of drug-likeness (QED) is 0.797. The van der Waals surface area contributed by atoms with Crippen molar-refractivity contribution in [1.29, 1.82) is 0 Å². The Balaban J connectivity index is 3.11. The molecule has 20 heavy (non-hydrogen) atoms. The molecule has 0 aliphatic heterocycles. The molecule has 112 valence electrons. The highest BCUT2D eigenvalue weighted by Crippen LogP contribution is 2.20. The van der Waals surface area contributed by atoms with Crippen molar-refractivity contribution in [2.24, 2.45) is 0 Å². The van der Waals surface area contributed by atoms with E-state index in [1.165, 1.54) is 0 Å². The van der Waals surface area contributed by atoms with Crippen molar-refractivity contribution in [2.45, 2.75) is 39.2 Å². The summed E-state index contributed by atoms with van der Waals surface area (Å²) in [6.07, 6.45) is 4.86. The van der Waals surface area contributed by atoms with Gasteiger partial charge in [-0.05, 0) is 31.2 Å². The van der Waals surface area contributed by atoms with E-state index < -0.39 is 5.97 Å². The van der Waals surface area contributed by atoms with Gasteiger partial charge >= 0.3 is 5.97 Å². The molecule has 1 rings (SSSR count). The van der Waals surface area contributed by atoms with Crippen LogP contribution in [0.25, 0.3) is 0 Å². The van der Waals surface area contributed by atoms with Crippen LogP contribution in [0.5, 0.6) is 0 Å². The fourth-order valence-electron chi connectivity index (χ4n) is 2.14. The summed E-state index contributed by atoms with van der Waals surface area (Å²) in [5.41, 5.74) is 1.18. The molecule has 1 atom stereocenters. The maximum absolute atomic E-state index is 11.2. The van der Waals surface area contributed by atoms with Gasteiger partial charge in [-0.25, -0.2) is 9.78 Å². The van der Waals surface area contributed by atoms with Crippen molar-refractivity contribution in [3.63, 3.8) is 0 Å². The Hall–Kier alpha value is -1.23. The van der Waals surface area contributed by atoms with Gasteiger partial charge in [0, 0.05) is 24.5 Å². The lowest BCUT2D eigenvalue weighted by atomic mass is 10.1. The van der Waals surface area contributed by atoms with Crippen LogP contribution in [0.4, 0.5) is 5.82 Å². The third-order valence-corrected chi connectivity index (χ3v) is 4.08. The second-order valence-electron chi connectivity index (χ2n) is 4.89. The molecule has 0 saturated heterocycles. The number of thioether (sulfide) groups is 1. The minimum atomic E-state index is -0.891. The molecule has 0 radical (unpaired) electrons. The number of carboxylic acid groups (broad SMARTS) is 1. The number of anilines is 1. The van der Waals surface area contributed by atoms with E-state index in [0.717, 1.165) is 36.5 Å². The van der Waals surface area contributed by atoms with Crippen LogP contribution >= 0.6 is 11.8 Å². The average molecular weight is 296 g/mol. The highest BCUT2D eigenvalue weighted by Gasteiger charge is 2.17. The first-order chi connectivity index (χ1) is 9.53. The first kappa shape index (κ1) is 16.8. The Labute approximate surface area is 125 Å². The second kappa shape index (κ2) is 8.15. The van der Waals surface area contributed by atoms with Gasteiger partial charge in [0.15, 0.2) is 0 Å². The lowest BCUT2D eigenvalue weighted by molar-refractivity contribution is 0.0696. The number of nitrogens with zero attached hydrogens (tertiary/aromatic N) is 2. The molecular formula is C15H24N2O2S. The molecule has 0 aromatic carbocycles. The van der Waals surface area contributed by atoms with Gasteiger partial charge in [-0.1, -0.05) is 20.3 Å². The van der Waals surface area contributed by atoms with Crippen molar-refractivity contribution in [3.05, 3.63) is 23.4 Å². The average Bonchev–Trinajstić information content (AvgIpc) is 2.44. The van der Waals surface area contributed by atoms with E-state index in [4.69, 9.17) is 0 Å². The molecule has 0 spiro atoms. The van der Waals surface area contributed by atoms with Crippen LogP contribution in [0.2, 0.25) is 0 Å². The number of carboxylic acids is 1. The largest absolute Gasteiger partial charge is 0.478 e. The highest BCUT2D eigenvalue weighted by molar-refractivity contribution is 7.98. The fraction of sp³-hybridized carbons (Fsp3) is 0.600. The summed E-state index contributed by atoms with van der Waals surface area (Å²) in [7, 11) is 1.99. The van der Waals surface area contributed by atoms with Crippen LogP contribution in [-0.4, -0.2) is 41.2 Å². The van der Waals surface area contributed by atoms with Crippen LogP contribution in [0, 0.1) is 0 Å². The molecular weight excluding hydrogens is 272 g/mol. The summed E-state index contributed by atoms with van der Waals surface area (Å²) in [5.74, 6) is 0.876. The highest BCUT2D eigenvalue weighted by atomic mass is 32.2. The zero-order valence-electron chi connectivity index (χ0n) is 12.7. The minimum absolute atomic E-state index is 0.323. The SMILES string of the molecule is CCCc1cc(C(=O)O)cc(N(C)C(CC)CSC)n1. The number of hydrogen-bond donors (Lipinski definition) is 1. The van der Waals surface area contributed by atoms with Gasteiger partial charge in [-0.2, -0.15) is 11.8 Å². The van der Waals surface area contributed by atoms with Gasteiger partial charge in [-0.3, -0.25) is 0 Å². The molecule has 0 saturated carbocycles. The van der Waals surface area contributed by atoms with Gasteiger partial charge in [0.25, 0.3) is 0 Å². The maximum Gasteiger partial charge on any atom is 0.335 e. The number of aromatic nitrogens is 1.